The Morgan fingerprint density at radius 2 is 1.59 bits per heavy atom. The van der Waals surface area contributed by atoms with E-state index in [1.54, 1.807) is 30.3 Å². The summed E-state index contributed by atoms with van der Waals surface area (Å²) >= 11 is 0. The van der Waals surface area contributed by atoms with Crippen LogP contribution in [0.5, 0.6) is 0 Å². The molecule has 0 fully saturated rings. The molecule has 3 aromatic carbocycles. The van der Waals surface area contributed by atoms with E-state index < -0.39 is 17.9 Å². The standard InChI is InChI=1S/C29H21F2N7O/c1-2-21(36-26-25-20(30)11-7-12-22(25)34-16-35-26)27-37-23-13-6-10-19(17-14-32-29(31)33-15-17)24(23)28(39)38(27)18-8-4-3-5-9-18/h3-16,21H,2H2,1H3,(H,34,35,36)/t21-/m0/s1. The molecule has 192 valence electrons. The quantitative estimate of drug-likeness (QED) is 0.284. The minimum absolute atomic E-state index is 0.256. The third kappa shape index (κ3) is 4.35. The van der Waals surface area contributed by atoms with Crippen molar-refractivity contribution in [3.8, 4) is 16.8 Å². The molecule has 0 unspecified atom stereocenters. The van der Waals surface area contributed by atoms with Crippen molar-refractivity contribution in [2.75, 3.05) is 5.32 Å². The Bertz CT molecular complexity index is 1870. The van der Waals surface area contributed by atoms with E-state index in [1.165, 1.54) is 29.4 Å². The number of halogens is 2. The fourth-order valence-corrected chi connectivity index (χ4v) is 4.69. The van der Waals surface area contributed by atoms with E-state index in [2.05, 4.69) is 25.3 Å². The molecule has 6 rings (SSSR count). The maximum atomic E-state index is 14.8. The maximum Gasteiger partial charge on any atom is 0.308 e. The van der Waals surface area contributed by atoms with Gasteiger partial charge in [-0.3, -0.25) is 9.36 Å². The van der Waals surface area contributed by atoms with Gasteiger partial charge in [0.1, 0.15) is 23.8 Å². The van der Waals surface area contributed by atoms with Crippen LogP contribution >= 0.6 is 0 Å². The predicted molar refractivity (Wildman–Crippen MR) is 144 cm³/mol. The lowest BCUT2D eigenvalue weighted by molar-refractivity contribution is 0.539. The van der Waals surface area contributed by atoms with Crippen molar-refractivity contribution in [3.05, 3.63) is 114 Å². The second kappa shape index (κ2) is 9.97. The van der Waals surface area contributed by atoms with Gasteiger partial charge in [0.05, 0.1) is 33.5 Å². The van der Waals surface area contributed by atoms with Gasteiger partial charge in [-0.2, -0.15) is 4.39 Å². The van der Waals surface area contributed by atoms with Gasteiger partial charge in [-0.05, 0) is 42.3 Å². The summed E-state index contributed by atoms with van der Waals surface area (Å²) in [5.74, 6) is 0.274. The van der Waals surface area contributed by atoms with Crippen molar-refractivity contribution >= 4 is 27.6 Å². The number of hydrogen-bond acceptors (Lipinski definition) is 7. The summed E-state index contributed by atoms with van der Waals surface area (Å²) in [5.41, 5.74) is 2.21. The molecule has 39 heavy (non-hydrogen) atoms. The number of rotatable bonds is 6. The first kappa shape index (κ1) is 24.2. The van der Waals surface area contributed by atoms with E-state index >= 15 is 0 Å². The Morgan fingerprint density at radius 1 is 0.846 bits per heavy atom. The van der Waals surface area contributed by atoms with E-state index in [9.17, 15) is 13.6 Å². The molecular formula is C29H21F2N7O. The highest BCUT2D eigenvalue weighted by Gasteiger charge is 2.23. The molecule has 0 aliphatic carbocycles. The fraction of sp³-hybridized carbons (Fsp3) is 0.103. The molecule has 0 saturated heterocycles. The van der Waals surface area contributed by atoms with Gasteiger partial charge in [-0.15, -0.1) is 0 Å². The molecule has 0 amide bonds. The van der Waals surface area contributed by atoms with Gasteiger partial charge in [-0.25, -0.2) is 29.3 Å². The number of benzene rings is 3. The smallest absolute Gasteiger partial charge is 0.308 e. The minimum atomic E-state index is -0.855. The normalized spacial score (nSPS) is 12.1. The van der Waals surface area contributed by atoms with E-state index in [0.717, 1.165) is 0 Å². The van der Waals surface area contributed by atoms with Crippen molar-refractivity contribution in [1.29, 1.82) is 0 Å². The third-order valence-electron chi connectivity index (χ3n) is 6.51. The van der Waals surface area contributed by atoms with Crippen LogP contribution in [0.2, 0.25) is 0 Å². The van der Waals surface area contributed by atoms with Crippen LogP contribution in [-0.2, 0) is 0 Å². The van der Waals surface area contributed by atoms with Crippen LogP contribution in [0, 0.1) is 11.9 Å². The highest BCUT2D eigenvalue weighted by Crippen LogP contribution is 2.30. The summed E-state index contributed by atoms with van der Waals surface area (Å²) in [6.07, 6.45) is 3.69. The maximum absolute atomic E-state index is 14.8. The largest absolute Gasteiger partial charge is 0.359 e. The summed E-state index contributed by atoms with van der Waals surface area (Å²) in [7, 11) is 0. The molecular weight excluding hydrogens is 500 g/mol. The van der Waals surface area contributed by atoms with Crippen LogP contribution in [0.15, 0.2) is 90.2 Å². The highest BCUT2D eigenvalue weighted by atomic mass is 19.1. The van der Waals surface area contributed by atoms with E-state index in [-0.39, 0.29) is 10.9 Å². The van der Waals surface area contributed by atoms with E-state index in [1.807, 2.05) is 37.3 Å². The van der Waals surface area contributed by atoms with Gasteiger partial charge in [0, 0.05) is 18.0 Å². The monoisotopic (exact) mass is 521 g/mol. The lowest BCUT2D eigenvalue weighted by Crippen LogP contribution is -2.28. The molecule has 3 heterocycles. The zero-order chi connectivity index (χ0) is 26.9. The SMILES string of the molecule is CC[C@H](Nc1ncnc2cccc(F)c12)c1nc2cccc(-c3cnc(F)nc3)c2c(=O)n1-c1ccccc1. The lowest BCUT2D eigenvalue weighted by atomic mass is 10.0. The van der Waals surface area contributed by atoms with Gasteiger partial charge in [0.15, 0.2) is 0 Å². The van der Waals surface area contributed by atoms with E-state index in [0.29, 0.717) is 51.3 Å². The Balaban J connectivity index is 1.59. The summed E-state index contributed by atoms with van der Waals surface area (Å²) < 4.78 is 29.8. The highest BCUT2D eigenvalue weighted by molar-refractivity contribution is 5.94. The summed E-state index contributed by atoms with van der Waals surface area (Å²) in [5, 5.41) is 3.91. The number of hydrogen-bond donors (Lipinski definition) is 1. The molecule has 6 aromatic rings. The molecule has 10 heteroatoms. The number of aromatic nitrogens is 6. The first-order chi connectivity index (χ1) is 19.0. The van der Waals surface area contributed by atoms with Crippen LogP contribution < -0.4 is 10.9 Å². The third-order valence-corrected chi connectivity index (χ3v) is 6.51. The van der Waals surface area contributed by atoms with Gasteiger partial charge >= 0.3 is 6.08 Å². The van der Waals surface area contributed by atoms with E-state index in [4.69, 9.17) is 4.98 Å². The Labute approximate surface area is 221 Å². The minimum Gasteiger partial charge on any atom is -0.359 e. The van der Waals surface area contributed by atoms with Crippen LogP contribution in [0.3, 0.4) is 0 Å². The second-order valence-electron chi connectivity index (χ2n) is 8.85. The molecule has 0 radical (unpaired) electrons. The molecule has 3 aromatic heterocycles. The zero-order valence-electron chi connectivity index (χ0n) is 20.7. The molecule has 0 saturated carbocycles. The zero-order valence-corrected chi connectivity index (χ0v) is 20.7. The second-order valence-corrected chi connectivity index (χ2v) is 8.85. The number of nitrogens with one attached hydrogen (secondary N) is 1. The Kier molecular flexibility index (Phi) is 6.20. The lowest BCUT2D eigenvalue weighted by Gasteiger charge is -2.23. The molecule has 0 spiro atoms. The molecule has 0 aliphatic heterocycles. The molecule has 0 aliphatic rings. The number of nitrogens with zero attached hydrogens (tertiary/aromatic N) is 6. The Morgan fingerprint density at radius 3 is 2.36 bits per heavy atom. The Hall–Kier alpha value is -5.12. The van der Waals surface area contributed by atoms with Gasteiger partial charge in [0.2, 0.25) is 0 Å². The molecule has 1 N–H and O–H groups in total. The van der Waals surface area contributed by atoms with Crippen molar-refractivity contribution < 1.29 is 8.78 Å². The van der Waals surface area contributed by atoms with Crippen LogP contribution in [0.1, 0.15) is 25.2 Å². The van der Waals surface area contributed by atoms with Gasteiger partial charge in [0.25, 0.3) is 5.56 Å². The fourth-order valence-electron chi connectivity index (χ4n) is 4.69. The average molecular weight is 522 g/mol. The average Bonchev–Trinajstić information content (AvgIpc) is 2.96. The molecule has 8 nitrogen and oxygen atoms in total. The topological polar surface area (TPSA) is 98.5 Å². The van der Waals surface area contributed by atoms with Crippen LogP contribution in [0.4, 0.5) is 14.6 Å². The van der Waals surface area contributed by atoms with Crippen molar-refractivity contribution in [2.45, 2.75) is 19.4 Å². The molecule has 0 bridgehead atoms. The summed E-state index contributed by atoms with van der Waals surface area (Å²) in [6.45, 7) is 1.94. The van der Waals surface area contributed by atoms with Crippen LogP contribution in [-0.4, -0.2) is 29.5 Å². The van der Waals surface area contributed by atoms with Crippen molar-refractivity contribution in [3.63, 3.8) is 0 Å². The van der Waals surface area contributed by atoms with Gasteiger partial charge in [-0.1, -0.05) is 43.3 Å². The molecule has 1 atom stereocenters. The number of para-hydroxylation sites is 1. The number of anilines is 1. The first-order valence-electron chi connectivity index (χ1n) is 12.3. The summed E-state index contributed by atoms with van der Waals surface area (Å²) in [4.78, 5) is 35.0. The van der Waals surface area contributed by atoms with Crippen molar-refractivity contribution in [2.24, 2.45) is 0 Å². The van der Waals surface area contributed by atoms with Crippen molar-refractivity contribution in [1.82, 2.24) is 29.5 Å². The van der Waals surface area contributed by atoms with Crippen LogP contribution in [0.25, 0.3) is 38.6 Å². The summed E-state index contributed by atoms with van der Waals surface area (Å²) in [6, 6.07) is 18.6. The number of fused-ring (bicyclic) bond motifs is 2. The van der Waals surface area contributed by atoms with Gasteiger partial charge < -0.3 is 5.32 Å². The first-order valence-corrected chi connectivity index (χ1v) is 12.3. The predicted octanol–water partition coefficient (Wildman–Crippen LogP) is 5.63.